The van der Waals surface area contributed by atoms with E-state index >= 15 is 0 Å². The van der Waals surface area contributed by atoms with Crippen molar-refractivity contribution in [2.45, 2.75) is 26.6 Å². The smallest absolute Gasteiger partial charge is 0.440 e. The van der Waals surface area contributed by atoms with E-state index in [1.807, 2.05) is 61.5 Å². The molecule has 9 heteroatoms. The zero-order valence-corrected chi connectivity index (χ0v) is 21.5. The van der Waals surface area contributed by atoms with Crippen LogP contribution in [-0.2, 0) is 19.7 Å². The average molecular weight is 526 g/mol. The Labute approximate surface area is 223 Å². The Bertz CT molecular complexity index is 1690. The molecule has 0 aliphatic carbocycles. The number of ether oxygens (including phenoxy) is 1. The monoisotopic (exact) mass is 525 g/mol. The number of furan rings is 1. The number of carbonyl (C=O) groups excluding carboxylic acids is 1. The standard InChI is InChI=1S/C30H27N3O6/c1-20-15-24(28(34)32(2)18-26-7-4-14-37-26)10-13-27(20)23-6-3-5-22(16-23)19-38-25-11-8-21(9-12-25)17-33-29(35)31-30(36)39-33/h3-16H,17-19H2,1-2H3,(H,31,35,36). The summed E-state index contributed by atoms with van der Waals surface area (Å²) in [4.78, 5) is 39.4. The quantitative estimate of drug-likeness (QED) is 0.301. The van der Waals surface area contributed by atoms with Crippen molar-refractivity contribution >= 4 is 5.91 Å². The number of H-pyrrole nitrogens is 1. The third-order valence-corrected chi connectivity index (χ3v) is 6.31. The summed E-state index contributed by atoms with van der Waals surface area (Å²) >= 11 is 0. The van der Waals surface area contributed by atoms with Crippen LogP contribution in [0.5, 0.6) is 5.75 Å². The van der Waals surface area contributed by atoms with Crippen molar-refractivity contribution < 1.29 is 18.5 Å². The maximum absolute atomic E-state index is 12.9. The van der Waals surface area contributed by atoms with E-state index in [1.165, 1.54) is 0 Å². The number of hydrogen-bond acceptors (Lipinski definition) is 6. The van der Waals surface area contributed by atoms with Gasteiger partial charge in [0.1, 0.15) is 18.1 Å². The van der Waals surface area contributed by atoms with E-state index < -0.39 is 11.4 Å². The molecule has 0 aliphatic rings. The molecule has 39 heavy (non-hydrogen) atoms. The number of nitrogens with zero attached hydrogens (tertiary/aromatic N) is 2. The fourth-order valence-corrected chi connectivity index (χ4v) is 4.32. The molecule has 0 spiro atoms. The van der Waals surface area contributed by atoms with Gasteiger partial charge in [0, 0.05) is 12.6 Å². The van der Waals surface area contributed by atoms with Crippen LogP contribution in [0.25, 0.3) is 11.1 Å². The molecular formula is C30H27N3O6. The van der Waals surface area contributed by atoms with E-state index in [9.17, 15) is 14.4 Å². The highest BCUT2D eigenvalue weighted by molar-refractivity contribution is 5.95. The summed E-state index contributed by atoms with van der Waals surface area (Å²) in [7, 11) is 1.76. The molecule has 5 rings (SSSR count). The van der Waals surface area contributed by atoms with Gasteiger partial charge < -0.3 is 18.6 Å². The first kappa shape index (κ1) is 25.6. The largest absolute Gasteiger partial charge is 0.489 e. The predicted molar refractivity (Wildman–Crippen MR) is 145 cm³/mol. The van der Waals surface area contributed by atoms with E-state index in [-0.39, 0.29) is 12.5 Å². The van der Waals surface area contributed by atoms with Crippen LogP contribution in [0.1, 0.15) is 32.8 Å². The molecule has 2 heterocycles. The van der Waals surface area contributed by atoms with E-state index in [2.05, 4.69) is 11.1 Å². The van der Waals surface area contributed by atoms with Crippen LogP contribution in [-0.4, -0.2) is 27.6 Å². The second kappa shape index (κ2) is 11.1. The Balaban J connectivity index is 1.22. The van der Waals surface area contributed by atoms with Gasteiger partial charge in [-0.05, 0) is 77.2 Å². The number of aromatic amines is 1. The molecule has 0 aliphatic heterocycles. The molecule has 0 atom stereocenters. The van der Waals surface area contributed by atoms with Crippen molar-refractivity contribution in [2.24, 2.45) is 0 Å². The number of nitrogens with one attached hydrogen (secondary N) is 1. The third kappa shape index (κ3) is 6.10. The minimum Gasteiger partial charge on any atom is -0.489 e. The van der Waals surface area contributed by atoms with Gasteiger partial charge in [0.25, 0.3) is 5.91 Å². The molecule has 0 saturated heterocycles. The number of hydrogen-bond donors (Lipinski definition) is 1. The van der Waals surface area contributed by atoms with E-state index in [4.69, 9.17) is 13.7 Å². The van der Waals surface area contributed by atoms with Crippen molar-refractivity contribution in [3.05, 3.63) is 134 Å². The van der Waals surface area contributed by atoms with Crippen LogP contribution in [0.2, 0.25) is 0 Å². The molecule has 9 nitrogen and oxygen atoms in total. The van der Waals surface area contributed by atoms with Gasteiger partial charge in [-0.2, -0.15) is 0 Å². The number of benzene rings is 3. The molecule has 0 saturated carbocycles. The highest BCUT2D eigenvalue weighted by atomic mass is 16.5. The van der Waals surface area contributed by atoms with Crippen molar-refractivity contribution in [1.29, 1.82) is 0 Å². The normalized spacial score (nSPS) is 10.9. The minimum absolute atomic E-state index is 0.0704. The molecule has 1 N–H and O–H groups in total. The van der Waals surface area contributed by atoms with Crippen molar-refractivity contribution in [3.8, 4) is 16.9 Å². The molecule has 0 fully saturated rings. The fourth-order valence-electron chi connectivity index (χ4n) is 4.32. The van der Waals surface area contributed by atoms with Gasteiger partial charge in [-0.25, -0.2) is 14.6 Å². The third-order valence-electron chi connectivity index (χ3n) is 6.31. The van der Waals surface area contributed by atoms with Gasteiger partial charge in [-0.1, -0.05) is 36.4 Å². The Morgan fingerprint density at radius 3 is 2.49 bits per heavy atom. The number of rotatable bonds is 9. The summed E-state index contributed by atoms with van der Waals surface area (Å²) in [5, 5.41) is 0. The van der Waals surface area contributed by atoms with Crippen LogP contribution in [0.4, 0.5) is 0 Å². The SMILES string of the molecule is Cc1cc(C(=O)N(C)Cc2ccco2)ccc1-c1cccc(COc2ccc(Cn3oc(=O)[nH]c3=O)cc2)c1. The topological polar surface area (TPSA) is 111 Å². The lowest BCUT2D eigenvalue weighted by atomic mass is 9.97. The lowest BCUT2D eigenvalue weighted by molar-refractivity contribution is 0.0775. The van der Waals surface area contributed by atoms with Gasteiger partial charge in [-0.15, -0.1) is 4.74 Å². The molecule has 198 valence electrons. The van der Waals surface area contributed by atoms with Crippen molar-refractivity contribution in [2.75, 3.05) is 7.05 Å². The van der Waals surface area contributed by atoms with Crippen molar-refractivity contribution in [3.63, 3.8) is 0 Å². The number of aromatic nitrogens is 2. The minimum atomic E-state index is -0.782. The summed E-state index contributed by atoms with van der Waals surface area (Å²) in [6.45, 7) is 2.91. The van der Waals surface area contributed by atoms with E-state index in [0.29, 0.717) is 24.5 Å². The predicted octanol–water partition coefficient (Wildman–Crippen LogP) is 4.60. The molecular weight excluding hydrogens is 498 g/mol. The second-order valence-electron chi connectivity index (χ2n) is 9.25. The van der Waals surface area contributed by atoms with Crippen LogP contribution in [0, 0.1) is 6.92 Å². The summed E-state index contributed by atoms with van der Waals surface area (Å²) in [6, 6.07) is 24.7. The van der Waals surface area contributed by atoms with Crippen LogP contribution in [0.3, 0.4) is 0 Å². The Morgan fingerprint density at radius 2 is 1.79 bits per heavy atom. The average Bonchev–Trinajstić information content (AvgIpc) is 3.56. The van der Waals surface area contributed by atoms with Gasteiger partial charge in [-0.3, -0.25) is 4.79 Å². The Hall–Kier alpha value is -5.05. The molecule has 1 amide bonds. The van der Waals surface area contributed by atoms with Crippen LogP contribution in [0.15, 0.2) is 104 Å². The summed E-state index contributed by atoms with van der Waals surface area (Å²) in [6.07, 6.45) is 1.60. The Kier molecular flexibility index (Phi) is 7.31. The maximum atomic E-state index is 12.9. The highest BCUT2D eigenvalue weighted by Crippen LogP contribution is 2.26. The summed E-state index contributed by atoms with van der Waals surface area (Å²) in [5.41, 5.74) is 4.89. The number of aryl methyl sites for hydroxylation is 1. The zero-order valence-electron chi connectivity index (χ0n) is 21.5. The van der Waals surface area contributed by atoms with E-state index in [0.717, 1.165) is 38.3 Å². The lowest BCUT2D eigenvalue weighted by Crippen LogP contribution is -2.26. The molecule has 2 aromatic heterocycles. The lowest BCUT2D eigenvalue weighted by Gasteiger charge is -2.17. The number of amides is 1. The van der Waals surface area contributed by atoms with Gasteiger partial charge in [0.15, 0.2) is 0 Å². The van der Waals surface area contributed by atoms with Crippen molar-refractivity contribution in [1.82, 2.24) is 14.6 Å². The molecule has 5 aromatic rings. The number of carbonyl (C=O) groups is 1. The van der Waals surface area contributed by atoms with Gasteiger partial charge >= 0.3 is 11.4 Å². The highest BCUT2D eigenvalue weighted by Gasteiger charge is 2.15. The van der Waals surface area contributed by atoms with E-state index in [1.54, 1.807) is 36.4 Å². The summed E-state index contributed by atoms with van der Waals surface area (Å²) < 4.78 is 17.1. The first-order chi connectivity index (χ1) is 18.9. The molecule has 0 radical (unpaired) electrons. The zero-order chi connectivity index (χ0) is 27.4. The fraction of sp³-hybridized carbons (Fsp3) is 0.167. The summed E-state index contributed by atoms with van der Waals surface area (Å²) in [5.74, 6) is 0.553. The van der Waals surface area contributed by atoms with Crippen LogP contribution >= 0.6 is 0 Å². The first-order valence-electron chi connectivity index (χ1n) is 12.4. The second-order valence-corrected chi connectivity index (χ2v) is 9.25. The molecule has 0 unspecified atom stereocenters. The first-order valence-corrected chi connectivity index (χ1v) is 12.4. The molecule has 0 bridgehead atoms. The maximum Gasteiger partial charge on any atom is 0.440 e. The van der Waals surface area contributed by atoms with Gasteiger partial charge in [0.05, 0.1) is 19.4 Å². The Morgan fingerprint density at radius 1 is 0.974 bits per heavy atom. The van der Waals surface area contributed by atoms with Crippen LogP contribution < -0.4 is 16.2 Å². The van der Waals surface area contributed by atoms with Gasteiger partial charge in [0.2, 0.25) is 0 Å². The molecule has 3 aromatic carbocycles.